The van der Waals surface area contributed by atoms with Crippen molar-refractivity contribution in [3.63, 3.8) is 0 Å². The lowest BCUT2D eigenvalue weighted by atomic mass is 10.2. The number of imidazole rings is 1. The van der Waals surface area contributed by atoms with Crippen molar-refractivity contribution in [2.24, 2.45) is 0 Å². The normalized spacial score (nSPS) is 22.3. The van der Waals surface area contributed by atoms with Gasteiger partial charge in [0.2, 0.25) is 11.8 Å². The van der Waals surface area contributed by atoms with E-state index < -0.39 is 34.7 Å². The van der Waals surface area contributed by atoms with E-state index in [1.165, 1.54) is 13.4 Å². The van der Waals surface area contributed by atoms with E-state index in [0.29, 0.717) is 11.2 Å². The summed E-state index contributed by atoms with van der Waals surface area (Å²) in [7, 11) is -1.21. The lowest BCUT2D eigenvalue weighted by Gasteiger charge is -2.17. The second kappa shape index (κ2) is 7.73. The number of nitrogens with two attached hydrogens (primary N) is 1. The van der Waals surface area contributed by atoms with Crippen LogP contribution in [-0.2, 0) is 28.5 Å². The number of ether oxygens (including phenoxy) is 4. The largest absolute Gasteiger partial charge is 0.508 e. The molecule has 154 valence electrons. The van der Waals surface area contributed by atoms with Crippen molar-refractivity contribution in [3.05, 3.63) is 6.33 Å². The van der Waals surface area contributed by atoms with Crippen molar-refractivity contribution in [2.75, 3.05) is 32.8 Å². The zero-order chi connectivity index (χ0) is 20.5. The maximum atomic E-state index is 11.6. The minimum absolute atomic E-state index is 0.0291. The van der Waals surface area contributed by atoms with Crippen LogP contribution >= 0.6 is 0 Å². The van der Waals surface area contributed by atoms with Gasteiger partial charge in [-0.25, -0.2) is 9.78 Å². The third kappa shape index (κ3) is 4.23. The number of rotatable bonds is 6. The van der Waals surface area contributed by atoms with Gasteiger partial charge in [0.05, 0.1) is 26.8 Å². The molecule has 28 heavy (non-hydrogen) atoms. The smallest absolute Gasteiger partial charge is 0.479 e. The van der Waals surface area contributed by atoms with Crippen LogP contribution in [0.1, 0.15) is 12.6 Å². The molecule has 0 saturated carbocycles. The van der Waals surface area contributed by atoms with Crippen LogP contribution in [0.25, 0.3) is 11.2 Å². The molecule has 1 aliphatic heterocycles. The molecule has 0 spiro atoms. The minimum atomic E-state index is -3.78. The highest BCUT2D eigenvalue weighted by atomic mass is 32.2. The van der Waals surface area contributed by atoms with E-state index in [-0.39, 0.29) is 24.9 Å². The summed E-state index contributed by atoms with van der Waals surface area (Å²) in [6.45, 7) is -0.267. The first-order valence-corrected chi connectivity index (χ1v) is 9.82. The molecule has 0 radical (unpaired) electrons. The van der Waals surface area contributed by atoms with Gasteiger partial charge in [-0.1, -0.05) is 0 Å². The van der Waals surface area contributed by atoms with Crippen molar-refractivity contribution in [3.8, 4) is 5.88 Å². The number of fused-ring (bicyclic) bond motifs is 1. The second-order valence-corrected chi connectivity index (χ2v) is 7.48. The average molecular weight is 417 g/mol. The van der Waals surface area contributed by atoms with Gasteiger partial charge in [0.25, 0.3) is 10.1 Å². The molecule has 3 heterocycles. The SMILES string of the molecule is COC(=O)OC[C@H]1O[C@H](n2cnc3c(OC)nc(N)nc32)C[C@H]1OS(C)(=O)=O. The molecular formula is C14H19N5O8S. The fourth-order valence-corrected chi connectivity index (χ4v) is 3.47. The van der Waals surface area contributed by atoms with E-state index in [4.69, 9.17) is 24.1 Å². The number of hydrogen-bond acceptors (Lipinski definition) is 12. The van der Waals surface area contributed by atoms with E-state index in [1.54, 1.807) is 4.57 Å². The number of methoxy groups -OCH3 is 2. The maximum absolute atomic E-state index is 11.6. The Morgan fingerprint density at radius 1 is 1.39 bits per heavy atom. The molecule has 1 saturated heterocycles. The molecule has 0 amide bonds. The van der Waals surface area contributed by atoms with E-state index in [9.17, 15) is 13.2 Å². The summed E-state index contributed by atoms with van der Waals surface area (Å²) in [6.07, 6.45) is -0.914. The zero-order valence-corrected chi connectivity index (χ0v) is 16.1. The van der Waals surface area contributed by atoms with Gasteiger partial charge >= 0.3 is 6.16 Å². The molecule has 1 fully saturated rings. The second-order valence-electron chi connectivity index (χ2n) is 5.88. The molecule has 3 atom stereocenters. The first-order chi connectivity index (χ1) is 13.2. The van der Waals surface area contributed by atoms with Gasteiger partial charge in [-0.2, -0.15) is 18.4 Å². The summed E-state index contributed by atoms with van der Waals surface area (Å²) in [5.74, 6) is 0.160. The zero-order valence-electron chi connectivity index (χ0n) is 15.3. The highest BCUT2D eigenvalue weighted by Gasteiger charge is 2.40. The number of hydrogen-bond donors (Lipinski definition) is 1. The summed E-state index contributed by atoms with van der Waals surface area (Å²) in [5, 5.41) is 0. The molecule has 0 unspecified atom stereocenters. The van der Waals surface area contributed by atoms with E-state index in [1.807, 2.05) is 0 Å². The fourth-order valence-electron chi connectivity index (χ4n) is 2.82. The minimum Gasteiger partial charge on any atom is -0.479 e. The summed E-state index contributed by atoms with van der Waals surface area (Å²) in [6, 6.07) is 0. The summed E-state index contributed by atoms with van der Waals surface area (Å²) < 4.78 is 50.1. The molecule has 13 nitrogen and oxygen atoms in total. The van der Waals surface area contributed by atoms with E-state index in [2.05, 4.69) is 19.7 Å². The lowest BCUT2D eigenvalue weighted by Crippen LogP contribution is -2.31. The summed E-state index contributed by atoms with van der Waals surface area (Å²) in [4.78, 5) is 23.5. The van der Waals surface area contributed by atoms with Gasteiger partial charge in [-0.15, -0.1) is 0 Å². The Morgan fingerprint density at radius 3 is 2.79 bits per heavy atom. The van der Waals surface area contributed by atoms with Gasteiger partial charge < -0.3 is 24.7 Å². The number of nitrogen functional groups attached to an aromatic ring is 1. The van der Waals surface area contributed by atoms with Crippen molar-refractivity contribution >= 4 is 33.4 Å². The molecule has 2 N–H and O–H groups in total. The molecule has 0 aromatic carbocycles. The fraction of sp³-hybridized carbons (Fsp3) is 0.571. The number of carbonyl (C=O) groups is 1. The Labute approximate surface area is 159 Å². The highest BCUT2D eigenvalue weighted by molar-refractivity contribution is 7.86. The van der Waals surface area contributed by atoms with Crippen molar-refractivity contribution in [1.82, 2.24) is 19.5 Å². The van der Waals surface area contributed by atoms with Gasteiger partial charge in [-0.3, -0.25) is 8.75 Å². The molecule has 1 aliphatic rings. The molecular weight excluding hydrogens is 398 g/mol. The number of carbonyl (C=O) groups excluding carboxylic acids is 1. The number of aromatic nitrogens is 4. The van der Waals surface area contributed by atoms with Crippen LogP contribution in [0.15, 0.2) is 6.33 Å². The van der Waals surface area contributed by atoms with Gasteiger partial charge in [0, 0.05) is 6.42 Å². The first-order valence-electron chi connectivity index (χ1n) is 8.00. The third-order valence-electron chi connectivity index (χ3n) is 3.92. The average Bonchev–Trinajstić information content (AvgIpc) is 3.21. The molecule has 3 rings (SSSR count). The number of anilines is 1. The standard InChI is InChI=1S/C14H19N5O8S/c1-23-12-10-11(17-13(15)18-12)19(6-16-10)9-4-7(27-28(3,21)22)8(26-9)5-25-14(20)24-2/h6-9H,4-5H2,1-3H3,(H2,15,17,18)/t7-,8-,9+/m1/s1. The molecule has 2 aromatic heterocycles. The Hall–Kier alpha value is -2.71. The Balaban J connectivity index is 1.89. The topological polar surface area (TPSA) is 167 Å². The van der Waals surface area contributed by atoms with E-state index >= 15 is 0 Å². The Bertz CT molecular complexity index is 978. The van der Waals surface area contributed by atoms with Crippen LogP contribution in [0.2, 0.25) is 0 Å². The molecule has 14 heteroatoms. The first kappa shape index (κ1) is 20.0. The van der Waals surface area contributed by atoms with Gasteiger partial charge in [-0.05, 0) is 0 Å². The summed E-state index contributed by atoms with van der Waals surface area (Å²) >= 11 is 0. The van der Waals surface area contributed by atoms with Crippen LogP contribution in [0, 0.1) is 0 Å². The lowest BCUT2D eigenvalue weighted by molar-refractivity contribution is -0.0502. The monoisotopic (exact) mass is 417 g/mol. The van der Waals surface area contributed by atoms with E-state index in [0.717, 1.165) is 13.4 Å². The summed E-state index contributed by atoms with van der Waals surface area (Å²) in [5.41, 5.74) is 6.39. The predicted molar refractivity (Wildman–Crippen MR) is 92.9 cm³/mol. The Morgan fingerprint density at radius 2 is 2.14 bits per heavy atom. The van der Waals surface area contributed by atoms with Crippen molar-refractivity contribution < 1.29 is 36.3 Å². The van der Waals surface area contributed by atoms with Crippen molar-refractivity contribution in [2.45, 2.75) is 24.9 Å². The Kier molecular flexibility index (Phi) is 5.53. The third-order valence-corrected chi connectivity index (χ3v) is 4.52. The van der Waals surface area contributed by atoms with Crippen LogP contribution in [-0.4, -0.2) is 73.4 Å². The van der Waals surface area contributed by atoms with Crippen LogP contribution < -0.4 is 10.5 Å². The number of nitrogens with zero attached hydrogens (tertiary/aromatic N) is 4. The predicted octanol–water partition coefficient (Wildman–Crippen LogP) is -0.168. The molecule has 2 aromatic rings. The van der Waals surface area contributed by atoms with Crippen LogP contribution in [0.5, 0.6) is 5.88 Å². The molecule has 0 aliphatic carbocycles. The van der Waals surface area contributed by atoms with Crippen molar-refractivity contribution in [1.29, 1.82) is 0 Å². The quantitative estimate of drug-likeness (QED) is 0.487. The maximum Gasteiger partial charge on any atom is 0.508 e. The molecule has 0 bridgehead atoms. The van der Waals surface area contributed by atoms with Gasteiger partial charge in [0.1, 0.15) is 25.0 Å². The highest BCUT2D eigenvalue weighted by Crippen LogP contribution is 2.34. The van der Waals surface area contributed by atoms with Crippen LogP contribution in [0.4, 0.5) is 10.7 Å². The van der Waals surface area contributed by atoms with Crippen LogP contribution in [0.3, 0.4) is 0 Å². The van der Waals surface area contributed by atoms with Gasteiger partial charge in [0.15, 0.2) is 11.2 Å².